The molecule has 0 radical (unpaired) electrons. The van der Waals surface area contributed by atoms with Crippen LogP contribution in [0.5, 0.6) is 0 Å². The number of amides is 1. The van der Waals surface area contributed by atoms with Crippen LogP contribution in [0.15, 0.2) is 18.2 Å². The molecule has 1 amide bonds. The van der Waals surface area contributed by atoms with E-state index in [2.05, 4.69) is 5.32 Å². The van der Waals surface area contributed by atoms with Crippen LogP contribution in [-0.2, 0) is 9.84 Å². The Bertz CT molecular complexity index is 641. The Kier molecular flexibility index (Phi) is 4.66. The van der Waals surface area contributed by atoms with Gasteiger partial charge >= 0.3 is 5.69 Å². The maximum Gasteiger partial charge on any atom is 0.304 e. The highest BCUT2D eigenvalue weighted by molar-refractivity contribution is 7.90. The minimum absolute atomic E-state index is 0.126. The van der Waals surface area contributed by atoms with Gasteiger partial charge in [-0.3, -0.25) is 14.9 Å². The van der Waals surface area contributed by atoms with Gasteiger partial charge in [0.15, 0.2) is 0 Å². The summed E-state index contributed by atoms with van der Waals surface area (Å²) < 4.78 is 22.2. The summed E-state index contributed by atoms with van der Waals surface area (Å²) >= 11 is 0. The van der Waals surface area contributed by atoms with Crippen molar-refractivity contribution in [1.29, 1.82) is 0 Å². The molecule has 1 rings (SSSR count). The zero-order chi connectivity index (χ0) is 15.5. The second kappa shape index (κ2) is 5.87. The molecule has 1 aromatic carbocycles. The quantitative estimate of drug-likeness (QED) is 0.458. The van der Waals surface area contributed by atoms with Crippen LogP contribution in [0.3, 0.4) is 0 Å². The number of sulfone groups is 1. The smallest absolute Gasteiger partial charge is 0.304 e. The fourth-order valence-corrected chi connectivity index (χ4v) is 2.74. The van der Waals surface area contributed by atoms with Gasteiger partial charge in [0.05, 0.1) is 10.7 Å². The minimum atomic E-state index is -3.26. The lowest BCUT2D eigenvalue weighted by Gasteiger charge is -2.13. The molecule has 0 saturated heterocycles. The summed E-state index contributed by atoms with van der Waals surface area (Å²) in [5, 5.41) is 13.3. The highest BCUT2D eigenvalue weighted by Gasteiger charge is 2.24. The molecule has 0 aliphatic heterocycles. The molecule has 0 aromatic heterocycles. The summed E-state index contributed by atoms with van der Waals surface area (Å²) in [7, 11) is -3.26. The zero-order valence-electron chi connectivity index (χ0n) is 11.0. The summed E-state index contributed by atoms with van der Waals surface area (Å²) in [6.45, 7) is 1.50. The van der Waals surface area contributed by atoms with Crippen LogP contribution in [0.25, 0.3) is 0 Å². The Morgan fingerprint density at radius 2 is 2.10 bits per heavy atom. The average Bonchev–Trinajstić information content (AvgIpc) is 2.24. The lowest BCUT2D eigenvalue weighted by molar-refractivity contribution is -0.384. The molecule has 0 aliphatic rings. The maximum atomic E-state index is 12.0. The predicted octanol–water partition coefficient (Wildman–Crippen LogP) is 0.340. The van der Waals surface area contributed by atoms with Gasteiger partial charge < -0.3 is 11.1 Å². The van der Waals surface area contributed by atoms with Gasteiger partial charge in [-0.1, -0.05) is 6.07 Å². The van der Waals surface area contributed by atoms with Crippen molar-refractivity contribution in [1.82, 2.24) is 5.32 Å². The first-order valence-corrected chi connectivity index (χ1v) is 7.69. The molecule has 1 unspecified atom stereocenters. The van der Waals surface area contributed by atoms with Crippen molar-refractivity contribution in [2.45, 2.75) is 13.0 Å². The minimum Gasteiger partial charge on any atom is -0.393 e. The molecule has 20 heavy (non-hydrogen) atoms. The van der Waals surface area contributed by atoms with E-state index in [9.17, 15) is 23.3 Å². The summed E-state index contributed by atoms with van der Waals surface area (Å²) in [6, 6.07) is 3.32. The molecular weight excluding hydrogens is 286 g/mol. The van der Waals surface area contributed by atoms with E-state index in [1.54, 1.807) is 0 Å². The third-order valence-electron chi connectivity index (χ3n) is 2.42. The van der Waals surface area contributed by atoms with Gasteiger partial charge in [0, 0.05) is 12.3 Å². The highest BCUT2D eigenvalue weighted by atomic mass is 32.2. The molecule has 1 atom stereocenters. The first kappa shape index (κ1) is 15.9. The van der Waals surface area contributed by atoms with Crippen molar-refractivity contribution >= 4 is 27.1 Å². The van der Waals surface area contributed by atoms with E-state index in [-0.39, 0.29) is 17.0 Å². The number of nitrogen functional groups attached to an aromatic ring is 1. The summed E-state index contributed by atoms with van der Waals surface area (Å²) in [4.78, 5) is 22.1. The normalized spacial score (nSPS) is 12.7. The zero-order valence-corrected chi connectivity index (χ0v) is 11.8. The highest BCUT2D eigenvalue weighted by Crippen LogP contribution is 2.25. The Morgan fingerprint density at radius 3 is 2.60 bits per heavy atom. The molecule has 0 fully saturated rings. The Morgan fingerprint density at radius 1 is 1.50 bits per heavy atom. The van der Waals surface area contributed by atoms with Crippen LogP contribution >= 0.6 is 0 Å². The number of hydrogen-bond donors (Lipinski definition) is 2. The molecule has 0 saturated carbocycles. The van der Waals surface area contributed by atoms with Crippen LogP contribution in [-0.4, -0.2) is 37.3 Å². The topological polar surface area (TPSA) is 132 Å². The van der Waals surface area contributed by atoms with Crippen LogP contribution < -0.4 is 11.1 Å². The number of nitrogens with zero attached hydrogens (tertiary/aromatic N) is 1. The second-order valence-corrected chi connectivity index (χ2v) is 6.65. The van der Waals surface area contributed by atoms with Gasteiger partial charge in [-0.05, 0) is 19.1 Å². The third kappa shape index (κ3) is 4.19. The number of rotatable bonds is 5. The molecule has 0 heterocycles. The number of benzene rings is 1. The number of para-hydroxylation sites is 1. The summed E-state index contributed by atoms with van der Waals surface area (Å²) in [5.41, 5.74) is 4.66. The van der Waals surface area contributed by atoms with E-state index in [0.29, 0.717) is 0 Å². The van der Waals surface area contributed by atoms with E-state index in [1.165, 1.54) is 25.1 Å². The Balaban J connectivity index is 2.99. The number of hydrogen-bond acceptors (Lipinski definition) is 6. The van der Waals surface area contributed by atoms with Crippen molar-refractivity contribution in [3.63, 3.8) is 0 Å². The number of nitro benzene ring substituents is 1. The molecule has 8 nitrogen and oxygen atoms in total. The maximum absolute atomic E-state index is 12.0. The fraction of sp³-hybridized carbons (Fsp3) is 0.364. The van der Waals surface area contributed by atoms with E-state index in [1.807, 2.05) is 0 Å². The largest absolute Gasteiger partial charge is 0.393 e. The Hall–Kier alpha value is -2.16. The fourth-order valence-electron chi connectivity index (χ4n) is 1.75. The standard InChI is InChI=1S/C11H15N3O5S/c1-7(6-20(2,18)19)13-11(15)8-4-3-5-9(12)10(8)14(16)17/h3-5,7H,6,12H2,1-2H3,(H,13,15). The number of nitrogens with one attached hydrogen (secondary N) is 1. The van der Waals surface area contributed by atoms with E-state index < -0.39 is 32.4 Å². The van der Waals surface area contributed by atoms with Gasteiger partial charge in [0.25, 0.3) is 5.91 Å². The lowest BCUT2D eigenvalue weighted by atomic mass is 10.1. The van der Waals surface area contributed by atoms with Crippen LogP contribution in [0.1, 0.15) is 17.3 Å². The van der Waals surface area contributed by atoms with E-state index in [0.717, 1.165) is 6.26 Å². The first-order valence-electron chi connectivity index (χ1n) is 5.63. The molecule has 0 bridgehead atoms. The SMILES string of the molecule is CC(CS(C)(=O)=O)NC(=O)c1cccc(N)c1[N+](=O)[O-]. The van der Waals surface area contributed by atoms with Gasteiger partial charge in [0.1, 0.15) is 21.1 Å². The van der Waals surface area contributed by atoms with Gasteiger partial charge in [0.2, 0.25) is 0 Å². The number of carbonyl (C=O) groups excluding carboxylic acids is 1. The van der Waals surface area contributed by atoms with Crippen molar-refractivity contribution < 1.29 is 18.1 Å². The molecule has 0 aliphatic carbocycles. The van der Waals surface area contributed by atoms with Crippen molar-refractivity contribution in [2.75, 3.05) is 17.7 Å². The first-order chi connectivity index (χ1) is 9.11. The monoisotopic (exact) mass is 301 g/mol. The number of anilines is 1. The molecule has 9 heteroatoms. The predicted molar refractivity (Wildman–Crippen MR) is 74.1 cm³/mol. The van der Waals surface area contributed by atoms with Crippen LogP contribution in [0, 0.1) is 10.1 Å². The van der Waals surface area contributed by atoms with Crippen molar-refractivity contribution in [2.24, 2.45) is 0 Å². The van der Waals surface area contributed by atoms with Gasteiger partial charge in [-0.15, -0.1) is 0 Å². The molecule has 1 aromatic rings. The second-order valence-electron chi connectivity index (χ2n) is 4.47. The van der Waals surface area contributed by atoms with E-state index >= 15 is 0 Å². The number of nitrogens with two attached hydrogens (primary N) is 1. The molecule has 0 spiro atoms. The summed E-state index contributed by atoms with van der Waals surface area (Å²) in [5.74, 6) is -0.991. The average molecular weight is 301 g/mol. The lowest BCUT2D eigenvalue weighted by Crippen LogP contribution is -2.37. The number of nitro groups is 1. The van der Waals surface area contributed by atoms with Gasteiger partial charge in [-0.2, -0.15) is 0 Å². The number of carbonyl (C=O) groups is 1. The van der Waals surface area contributed by atoms with Crippen molar-refractivity contribution in [3.05, 3.63) is 33.9 Å². The van der Waals surface area contributed by atoms with Crippen molar-refractivity contribution in [3.8, 4) is 0 Å². The molecule has 110 valence electrons. The van der Waals surface area contributed by atoms with E-state index in [4.69, 9.17) is 5.73 Å². The van der Waals surface area contributed by atoms with Crippen LogP contribution in [0.2, 0.25) is 0 Å². The van der Waals surface area contributed by atoms with Crippen LogP contribution in [0.4, 0.5) is 11.4 Å². The van der Waals surface area contributed by atoms with Gasteiger partial charge in [-0.25, -0.2) is 8.42 Å². The Labute approximate surface area is 116 Å². The third-order valence-corrected chi connectivity index (χ3v) is 3.53. The summed E-state index contributed by atoms with van der Waals surface area (Å²) in [6.07, 6.45) is 1.04. The molecular formula is C11H15N3O5S. The molecule has 3 N–H and O–H groups in total.